The molecule has 1 aromatic heterocycles. The highest BCUT2D eigenvalue weighted by Crippen LogP contribution is 2.31. The van der Waals surface area contributed by atoms with Gasteiger partial charge in [-0.2, -0.15) is 4.98 Å². The first-order chi connectivity index (χ1) is 12.7. The van der Waals surface area contributed by atoms with E-state index in [4.69, 9.17) is 18.7 Å². The van der Waals surface area contributed by atoms with Crippen molar-refractivity contribution >= 4 is 5.97 Å². The molecule has 1 aliphatic carbocycles. The van der Waals surface area contributed by atoms with Crippen LogP contribution in [0, 0.1) is 5.92 Å². The average Bonchev–Trinajstić information content (AvgIpc) is 3.36. The zero-order valence-corrected chi connectivity index (χ0v) is 15.2. The van der Waals surface area contributed by atoms with Gasteiger partial charge in [0.25, 0.3) is 5.89 Å². The number of hydrogen-bond acceptors (Lipinski definition) is 7. The maximum absolute atomic E-state index is 11.9. The fraction of sp³-hybridized carbons (Fsp3) is 0.526. The van der Waals surface area contributed by atoms with E-state index in [1.54, 1.807) is 32.4 Å². The molecule has 26 heavy (non-hydrogen) atoms. The quantitative estimate of drug-likeness (QED) is 0.663. The largest absolute Gasteiger partial charge is 0.497 e. The van der Waals surface area contributed by atoms with Crippen molar-refractivity contribution in [1.82, 2.24) is 10.1 Å². The van der Waals surface area contributed by atoms with Gasteiger partial charge in [-0.1, -0.05) is 30.8 Å². The van der Waals surface area contributed by atoms with Crippen molar-refractivity contribution in [3.8, 4) is 22.9 Å². The van der Waals surface area contributed by atoms with Crippen molar-refractivity contribution in [1.29, 1.82) is 0 Å². The minimum Gasteiger partial charge on any atom is -0.497 e. The van der Waals surface area contributed by atoms with Crippen molar-refractivity contribution in [3.05, 3.63) is 24.1 Å². The van der Waals surface area contributed by atoms with Crippen LogP contribution in [-0.4, -0.2) is 30.3 Å². The Morgan fingerprint density at radius 3 is 2.77 bits per heavy atom. The minimum absolute atomic E-state index is 0.0189. The lowest BCUT2D eigenvalue weighted by molar-refractivity contribution is -0.146. The molecule has 0 spiro atoms. The highest BCUT2D eigenvalue weighted by atomic mass is 16.6. The van der Waals surface area contributed by atoms with Crippen LogP contribution in [0.2, 0.25) is 0 Å². The monoisotopic (exact) mass is 360 g/mol. The van der Waals surface area contributed by atoms with Gasteiger partial charge in [-0.05, 0) is 24.5 Å². The Bertz CT molecular complexity index is 737. The molecule has 140 valence electrons. The summed E-state index contributed by atoms with van der Waals surface area (Å²) < 4.78 is 20.9. The molecule has 0 bridgehead atoms. The molecule has 0 amide bonds. The van der Waals surface area contributed by atoms with Gasteiger partial charge in [0.15, 0.2) is 6.61 Å². The predicted octanol–water partition coefficient (Wildman–Crippen LogP) is 3.77. The van der Waals surface area contributed by atoms with Gasteiger partial charge < -0.3 is 18.7 Å². The SMILES string of the molecule is COc1ccc(-c2noc(COC(=O)CCC3CCCC3)n2)c(OC)c1. The maximum atomic E-state index is 11.9. The summed E-state index contributed by atoms with van der Waals surface area (Å²) in [5.41, 5.74) is 0.677. The van der Waals surface area contributed by atoms with Gasteiger partial charge in [0.05, 0.1) is 19.8 Å². The number of carbonyl (C=O) groups excluding carboxylic acids is 1. The molecule has 0 aliphatic heterocycles. The summed E-state index contributed by atoms with van der Waals surface area (Å²) in [5.74, 6) is 2.32. The van der Waals surface area contributed by atoms with Gasteiger partial charge in [0.1, 0.15) is 11.5 Å². The third kappa shape index (κ3) is 4.53. The lowest BCUT2D eigenvalue weighted by atomic mass is 10.0. The third-order valence-electron chi connectivity index (χ3n) is 4.71. The molecule has 7 nitrogen and oxygen atoms in total. The van der Waals surface area contributed by atoms with Crippen LogP contribution in [0.25, 0.3) is 11.4 Å². The van der Waals surface area contributed by atoms with Crippen LogP contribution in [0.5, 0.6) is 11.5 Å². The number of benzene rings is 1. The molecular weight excluding hydrogens is 336 g/mol. The second-order valence-electron chi connectivity index (χ2n) is 6.43. The number of ether oxygens (including phenoxy) is 3. The van der Waals surface area contributed by atoms with E-state index in [9.17, 15) is 4.79 Å². The van der Waals surface area contributed by atoms with Gasteiger partial charge in [0.2, 0.25) is 5.82 Å². The Hall–Kier alpha value is -2.57. The predicted molar refractivity (Wildman–Crippen MR) is 93.8 cm³/mol. The summed E-state index contributed by atoms with van der Waals surface area (Å²) >= 11 is 0. The molecule has 0 unspecified atom stereocenters. The average molecular weight is 360 g/mol. The molecule has 1 heterocycles. The Labute approximate surface area is 152 Å². The first kappa shape index (κ1) is 18.2. The molecular formula is C19H24N2O5. The highest BCUT2D eigenvalue weighted by molar-refractivity contribution is 5.69. The van der Waals surface area contributed by atoms with Crippen LogP contribution in [0.4, 0.5) is 0 Å². The number of hydrogen-bond donors (Lipinski definition) is 0. The second kappa shape index (κ2) is 8.69. The summed E-state index contributed by atoms with van der Waals surface area (Å²) in [5, 5.41) is 3.94. The van der Waals surface area contributed by atoms with E-state index in [2.05, 4.69) is 10.1 Å². The zero-order valence-electron chi connectivity index (χ0n) is 15.2. The van der Waals surface area contributed by atoms with Gasteiger partial charge in [0, 0.05) is 12.5 Å². The van der Waals surface area contributed by atoms with Crippen LogP contribution in [0.3, 0.4) is 0 Å². The van der Waals surface area contributed by atoms with E-state index < -0.39 is 0 Å². The second-order valence-corrected chi connectivity index (χ2v) is 6.43. The normalized spacial score (nSPS) is 14.4. The minimum atomic E-state index is -0.223. The van der Waals surface area contributed by atoms with E-state index >= 15 is 0 Å². The zero-order chi connectivity index (χ0) is 18.4. The van der Waals surface area contributed by atoms with Crippen molar-refractivity contribution in [2.75, 3.05) is 14.2 Å². The molecule has 1 fully saturated rings. The van der Waals surface area contributed by atoms with Crippen molar-refractivity contribution in [2.45, 2.75) is 45.1 Å². The molecule has 2 aromatic rings. The first-order valence-electron chi connectivity index (χ1n) is 8.90. The summed E-state index contributed by atoms with van der Waals surface area (Å²) in [6, 6.07) is 5.32. The lowest BCUT2D eigenvalue weighted by Gasteiger charge is -2.07. The number of rotatable bonds is 8. The van der Waals surface area contributed by atoms with Gasteiger partial charge in [-0.25, -0.2) is 0 Å². The van der Waals surface area contributed by atoms with Crippen molar-refractivity contribution < 1.29 is 23.5 Å². The number of methoxy groups -OCH3 is 2. The topological polar surface area (TPSA) is 83.7 Å². The standard InChI is InChI=1S/C19H24N2O5/c1-23-14-8-9-15(16(11-14)24-2)19-20-17(26-21-19)12-25-18(22)10-7-13-5-3-4-6-13/h8-9,11,13H,3-7,10,12H2,1-2H3. The summed E-state index contributed by atoms with van der Waals surface area (Å²) in [7, 11) is 3.15. The van der Waals surface area contributed by atoms with E-state index in [1.807, 2.05) is 0 Å². The molecule has 0 radical (unpaired) electrons. The molecule has 0 atom stereocenters. The Kier molecular flexibility index (Phi) is 6.09. The summed E-state index contributed by atoms with van der Waals surface area (Å²) in [6.07, 6.45) is 6.35. The van der Waals surface area contributed by atoms with Gasteiger partial charge in [-0.15, -0.1) is 0 Å². The Balaban J connectivity index is 1.55. The van der Waals surface area contributed by atoms with Crippen LogP contribution >= 0.6 is 0 Å². The van der Waals surface area contributed by atoms with Crippen molar-refractivity contribution in [2.24, 2.45) is 5.92 Å². The van der Waals surface area contributed by atoms with Crippen LogP contribution in [0.1, 0.15) is 44.4 Å². The maximum Gasteiger partial charge on any atom is 0.306 e. The number of nitrogens with zero attached hydrogens (tertiary/aromatic N) is 2. The molecule has 1 aromatic carbocycles. The van der Waals surface area contributed by atoms with Crippen LogP contribution in [-0.2, 0) is 16.1 Å². The Morgan fingerprint density at radius 2 is 2.04 bits per heavy atom. The van der Waals surface area contributed by atoms with Crippen molar-refractivity contribution in [3.63, 3.8) is 0 Å². The molecule has 1 aliphatic rings. The third-order valence-corrected chi connectivity index (χ3v) is 4.71. The summed E-state index contributed by atoms with van der Waals surface area (Å²) in [4.78, 5) is 16.2. The highest BCUT2D eigenvalue weighted by Gasteiger charge is 2.18. The van der Waals surface area contributed by atoms with Gasteiger partial charge >= 0.3 is 5.97 Å². The molecule has 3 rings (SSSR count). The van der Waals surface area contributed by atoms with Crippen LogP contribution < -0.4 is 9.47 Å². The van der Waals surface area contributed by atoms with E-state index in [0.29, 0.717) is 35.2 Å². The van der Waals surface area contributed by atoms with E-state index in [-0.39, 0.29) is 18.5 Å². The van der Waals surface area contributed by atoms with E-state index in [0.717, 1.165) is 6.42 Å². The van der Waals surface area contributed by atoms with E-state index in [1.165, 1.54) is 25.7 Å². The number of carbonyl (C=O) groups is 1. The number of aromatic nitrogens is 2. The molecule has 0 N–H and O–H groups in total. The molecule has 0 saturated heterocycles. The van der Waals surface area contributed by atoms with Gasteiger partial charge in [-0.3, -0.25) is 4.79 Å². The number of esters is 1. The fourth-order valence-corrected chi connectivity index (χ4v) is 3.24. The molecule has 1 saturated carbocycles. The lowest BCUT2D eigenvalue weighted by Crippen LogP contribution is -2.07. The smallest absolute Gasteiger partial charge is 0.306 e. The summed E-state index contributed by atoms with van der Waals surface area (Å²) in [6.45, 7) is -0.0189. The van der Waals surface area contributed by atoms with Crippen LogP contribution in [0.15, 0.2) is 22.7 Å². The molecule has 7 heteroatoms. The first-order valence-corrected chi connectivity index (χ1v) is 8.90. The Morgan fingerprint density at radius 1 is 1.23 bits per heavy atom. The fourth-order valence-electron chi connectivity index (χ4n) is 3.24.